The first kappa shape index (κ1) is 14.4. The average Bonchev–Trinajstić information content (AvgIpc) is 2.16. The Balaban J connectivity index is 4.17. The summed E-state index contributed by atoms with van der Waals surface area (Å²) in [6.45, 7) is 7.43. The first-order chi connectivity index (χ1) is 6.99. The number of thiocarbonyl (C=S) groups is 1. The van der Waals surface area contributed by atoms with Crippen LogP contribution in [0.2, 0.25) is 0 Å². The molecule has 88 valence electrons. The highest BCUT2D eigenvalue weighted by atomic mass is 32.1. The van der Waals surface area contributed by atoms with Crippen molar-refractivity contribution in [1.82, 2.24) is 4.90 Å². The van der Waals surface area contributed by atoms with Gasteiger partial charge in [0.1, 0.15) is 0 Å². The molecule has 0 rings (SSSR count). The number of amides is 1. The predicted molar refractivity (Wildman–Crippen MR) is 67.7 cm³/mol. The zero-order valence-electron chi connectivity index (χ0n) is 9.95. The van der Waals surface area contributed by atoms with Crippen molar-refractivity contribution in [3.8, 4) is 0 Å². The van der Waals surface area contributed by atoms with E-state index in [0.717, 1.165) is 19.4 Å². The standard InChI is InChI=1S/C11H22N2OS/c1-4-5-7-13(8-6-10(12)15)11(14)9(2)3/h9H,4-8H2,1-3H3,(H2,12,15). The van der Waals surface area contributed by atoms with Crippen LogP contribution in [0.4, 0.5) is 0 Å². The number of nitrogens with zero attached hydrogens (tertiary/aromatic N) is 1. The monoisotopic (exact) mass is 230 g/mol. The minimum Gasteiger partial charge on any atom is -0.393 e. The number of nitrogens with two attached hydrogens (primary N) is 1. The largest absolute Gasteiger partial charge is 0.393 e. The fraction of sp³-hybridized carbons (Fsp3) is 0.818. The summed E-state index contributed by atoms with van der Waals surface area (Å²) in [4.78, 5) is 14.2. The molecule has 0 spiro atoms. The van der Waals surface area contributed by atoms with Gasteiger partial charge in [0.15, 0.2) is 0 Å². The Morgan fingerprint density at radius 3 is 2.40 bits per heavy atom. The second-order valence-corrected chi connectivity index (χ2v) is 4.57. The molecule has 0 unspecified atom stereocenters. The Bertz CT molecular complexity index is 217. The summed E-state index contributed by atoms with van der Waals surface area (Å²) in [5.74, 6) is 0.243. The smallest absolute Gasteiger partial charge is 0.225 e. The van der Waals surface area contributed by atoms with Gasteiger partial charge < -0.3 is 10.6 Å². The van der Waals surface area contributed by atoms with Crippen molar-refractivity contribution >= 4 is 23.1 Å². The summed E-state index contributed by atoms with van der Waals surface area (Å²) < 4.78 is 0. The number of hydrogen-bond acceptors (Lipinski definition) is 2. The molecule has 0 aromatic heterocycles. The van der Waals surface area contributed by atoms with Crippen LogP contribution in [-0.4, -0.2) is 28.9 Å². The van der Waals surface area contributed by atoms with Crippen molar-refractivity contribution < 1.29 is 4.79 Å². The number of rotatable bonds is 7. The third-order valence-corrected chi connectivity index (χ3v) is 2.42. The van der Waals surface area contributed by atoms with Gasteiger partial charge in [-0.25, -0.2) is 0 Å². The molecule has 0 saturated heterocycles. The van der Waals surface area contributed by atoms with Gasteiger partial charge in [0.05, 0.1) is 4.99 Å². The molecule has 0 aromatic carbocycles. The lowest BCUT2D eigenvalue weighted by atomic mass is 10.1. The average molecular weight is 230 g/mol. The van der Waals surface area contributed by atoms with Gasteiger partial charge in [-0.3, -0.25) is 4.79 Å². The molecule has 0 radical (unpaired) electrons. The van der Waals surface area contributed by atoms with Crippen LogP contribution in [-0.2, 0) is 4.79 Å². The van der Waals surface area contributed by atoms with Crippen LogP contribution in [0.1, 0.15) is 40.0 Å². The first-order valence-electron chi connectivity index (χ1n) is 5.56. The Morgan fingerprint density at radius 2 is 2.00 bits per heavy atom. The second kappa shape index (κ2) is 7.63. The lowest BCUT2D eigenvalue weighted by Gasteiger charge is -2.24. The molecule has 2 N–H and O–H groups in total. The molecular formula is C11H22N2OS. The van der Waals surface area contributed by atoms with E-state index in [-0.39, 0.29) is 11.8 Å². The van der Waals surface area contributed by atoms with Crippen LogP contribution in [0.15, 0.2) is 0 Å². The van der Waals surface area contributed by atoms with E-state index in [4.69, 9.17) is 18.0 Å². The third kappa shape index (κ3) is 6.44. The predicted octanol–water partition coefficient (Wildman–Crippen LogP) is 1.95. The lowest BCUT2D eigenvalue weighted by molar-refractivity contribution is -0.134. The first-order valence-corrected chi connectivity index (χ1v) is 5.97. The molecule has 15 heavy (non-hydrogen) atoms. The van der Waals surface area contributed by atoms with E-state index in [9.17, 15) is 4.79 Å². The van der Waals surface area contributed by atoms with E-state index in [0.29, 0.717) is 18.0 Å². The molecule has 1 amide bonds. The molecule has 0 aliphatic carbocycles. The highest BCUT2D eigenvalue weighted by Gasteiger charge is 2.16. The molecule has 0 heterocycles. The maximum absolute atomic E-state index is 11.8. The molecule has 0 aromatic rings. The molecule has 0 aliphatic heterocycles. The Kier molecular flexibility index (Phi) is 7.30. The normalized spacial score (nSPS) is 10.4. The minimum atomic E-state index is 0.0493. The van der Waals surface area contributed by atoms with E-state index < -0.39 is 0 Å². The lowest BCUT2D eigenvalue weighted by Crippen LogP contribution is -2.37. The summed E-state index contributed by atoms with van der Waals surface area (Å²) in [5.41, 5.74) is 5.44. The fourth-order valence-electron chi connectivity index (χ4n) is 1.29. The van der Waals surface area contributed by atoms with Gasteiger partial charge in [-0.2, -0.15) is 0 Å². The Morgan fingerprint density at radius 1 is 1.40 bits per heavy atom. The maximum atomic E-state index is 11.8. The van der Waals surface area contributed by atoms with Crippen molar-refractivity contribution in [1.29, 1.82) is 0 Å². The maximum Gasteiger partial charge on any atom is 0.225 e. The number of carbonyl (C=O) groups is 1. The Hall–Kier alpha value is -0.640. The van der Waals surface area contributed by atoms with E-state index in [1.807, 2.05) is 18.7 Å². The molecule has 0 atom stereocenters. The second-order valence-electron chi connectivity index (χ2n) is 4.05. The number of carbonyl (C=O) groups excluding carboxylic acids is 1. The van der Waals surface area contributed by atoms with Crippen LogP contribution in [0.25, 0.3) is 0 Å². The van der Waals surface area contributed by atoms with Gasteiger partial charge in [-0.15, -0.1) is 0 Å². The van der Waals surface area contributed by atoms with E-state index in [2.05, 4.69) is 6.92 Å². The van der Waals surface area contributed by atoms with E-state index in [1.165, 1.54) is 0 Å². The van der Waals surface area contributed by atoms with E-state index in [1.54, 1.807) is 0 Å². The van der Waals surface area contributed by atoms with Crippen LogP contribution >= 0.6 is 12.2 Å². The third-order valence-electron chi connectivity index (χ3n) is 2.22. The quantitative estimate of drug-likeness (QED) is 0.680. The molecule has 0 bridgehead atoms. The number of unbranched alkanes of at least 4 members (excludes halogenated alkanes) is 1. The molecule has 0 saturated carbocycles. The summed E-state index contributed by atoms with van der Waals surface area (Å²) in [7, 11) is 0. The Labute approximate surface area is 98.0 Å². The van der Waals surface area contributed by atoms with Crippen LogP contribution in [0, 0.1) is 5.92 Å². The van der Waals surface area contributed by atoms with Crippen LogP contribution in [0.5, 0.6) is 0 Å². The molecule has 0 aliphatic rings. The molecular weight excluding hydrogens is 208 g/mol. The van der Waals surface area contributed by atoms with Crippen LogP contribution in [0.3, 0.4) is 0 Å². The van der Waals surface area contributed by atoms with Crippen molar-refractivity contribution in [2.75, 3.05) is 13.1 Å². The highest BCUT2D eigenvalue weighted by Crippen LogP contribution is 2.04. The van der Waals surface area contributed by atoms with Crippen molar-refractivity contribution in [3.63, 3.8) is 0 Å². The number of hydrogen-bond donors (Lipinski definition) is 1. The van der Waals surface area contributed by atoms with Gasteiger partial charge in [-0.05, 0) is 6.42 Å². The van der Waals surface area contributed by atoms with Crippen molar-refractivity contribution in [2.45, 2.75) is 40.0 Å². The topological polar surface area (TPSA) is 46.3 Å². The van der Waals surface area contributed by atoms with Crippen molar-refractivity contribution in [2.24, 2.45) is 11.7 Å². The SMILES string of the molecule is CCCCN(CCC(N)=S)C(=O)C(C)C. The zero-order chi connectivity index (χ0) is 11.8. The molecule has 0 fully saturated rings. The zero-order valence-corrected chi connectivity index (χ0v) is 10.8. The molecule has 4 heteroatoms. The van der Waals surface area contributed by atoms with Crippen LogP contribution < -0.4 is 5.73 Å². The summed E-state index contributed by atoms with van der Waals surface area (Å²) in [5, 5.41) is 0. The van der Waals surface area contributed by atoms with Gasteiger partial charge in [0.25, 0.3) is 0 Å². The van der Waals surface area contributed by atoms with Gasteiger partial charge in [0, 0.05) is 25.4 Å². The van der Waals surface area contributed by atoms with Crippen molar-refractivity contribution in [3.05, 3.63) is 0 Å². The highest BCUT2D eigenvalue weighted by molar-refractivity contribution is 7.80. The van der Waals surface area contributed by atoms with Gasteiger partial charge in [-0.1, -0.05) is 39.4 Å². The van der Waals surface area contributed by atoms with Gasteiger partial charge in [0.2, 0.25) is 5.91 Å². The van der Waals surface area contributed by atoms with Gasteiger partial charge >= 0.3 is 0 Å². The summed E-state index contributed by atoms with van der Waals surface area (Å²) in [6.07, 6.45) is 2.75. The van der Waals surface area contributed by atoms with E-state index >= 15 is 0 Å². The minimum absolute atomic E-state index is 0.0493. The summed E-state index contributed by atoms with van der Waals surface area (Å²) >= 11 is 4.82. The fourth-order valence-corrected chi connectivity index (χ4v) is 1.38. The summed E-state index contributed by atoms with van der Waals surface area (Å²) in [6, 6.07) is 0. The molecule has 3 nitrogen and oxygen atoms in total.